The molecule has 2 aromatic carbocycles. The Morgan fingerprint density at radius 1 is 0.955 bits per heavy atom. The van der Waals surface area contributed by atoms with Gasteiger partial charge in [-0.3, -0.25) is 0 Å². The summed E-state index contributed by atoms with van der Waals surface area (Å²) in [6.07, 6.45) is 0. The maximum absolute atomic E-state index is 13.0. The maximum atomic E-state index is 13.0. The molecule has 0 spiro atoms. The Hall–Kier alpha value is -1.99. The lowest BCUT2D eigenvalue weighted by atomic mass is 10.3. The van der Waals surface area contributed by atoms with Gasteiger partial charge in [0.05, 0.1) is 19.2 Å². The van der Waals surface area contributed by atoms with E-state index in [1.165, 1.54) is 32.4 Å². The van der Waals surface area contributed by atoms with Gasteiger partial charge in [0.15, 0.2) is 17.2 Å². The van der Waals surface area contributed by atoms with Gasteiger partial charge in [0, 0.05) is 6.07 Å². The number of benzene rings is 2. The first-order valence-electron chi connectivity index (χ1n) is 5.99. The molecule has 0 aliphatic rings. The van der Waals surface area contributed by atoms with Gasteiger partial charge < -0.3 is 13.7 Å². The van der Waals surface area contributed by atoms with Crippen LogP contribution < -0.4 is 13.7 Å². The standard InChI is InChI=1S/C14H12ClFO5S/c1-19-13-6-4-10(8-14(13)20-2)22(17,18)21-12-5-3-9(16)7-11(12)15/h3-8H,1-2H3. The molecule has 2 aromatic rings. The van der Waals surface area contributed by atoms with Gasteiger partial charge in [-0.2, -0.15) is 8.42 Å². The van der Waals surface area contributed by atoms with Crippen LogP contribution in [0.2, 0.25) is 5.02 Å². The molecule has 118 valence electrons. The molecule has 0 saturated heterocycles. The molecule has 22 heavy (non-hydrogen) atoms. The van der Waals surface area contributed by atoms with Gasteiger partial charge in [0.25, 0.3) is 0 Å². The predicted octanol–water partition coefficient (Wildman–Crippen LogP) is 3.26. The molecule has 2 rings (SSSR count). The van der Waals surface area contributed by atoms with Crippen LogP contribution in [0.15, 0.2) is 41.3 Å². The average molecular weight is 347 g/mol. The van der Waals surface area contributed by atoms with E-state index in [9.17, 15) is 12.8 Å². The Balaban J connectivity index is 2.38. The van der Waals surface area contributed by atoms with Crippen LogP contribution in [0.4, 0.5) is 4.39 Å². The molecule has 0 radical (unpaired) electrons. The lowest BCUT2D eigenvalue weighted by Crippen LogP contribution is -2.10. The second-order valence-corrected chi connectivity index (χ2v) is 6.08. The summed E-state index contributed by atoms with van der Waals surface area (Å²) in [4.78, 5) is -0.148. The van der Waals surface area contributed by atoms with E-state index in [0.29, 0.717) is 5.75 Å². The number of methoxy groups -OCH3 is 2. The Labute approximate surface area is 132 Å². The number of hydrogen-bond donors (Lipinski definition) is 0. The van der Waals surface area contributed by atoms with E-state index in [1.807, 2.05) is 0 Å². The zero-order valence-electron chi connectivity index (χ0n) is 11.7. The van der Waals surface area contributed by atoms with Crippen LogP contribution in [-0.4, -0.2) is 22.6 Å². The molecule has 0 bridgehead atoms. The summed E-state index contributed by atoms with van der Waals surface area (Å²) in [7, 11) is -1.34. The molecule has 0 heterocycles. The van der Waals surface area contributed by atoms with E-state index < -0.39 is 15.9 Å². The first-order chi connectivity index (χ1) is 10.4. The van der Waals surface area contributed by atoms with Crippen molar-refractivity contribution in [1.82, 2.24) is 0 Å². The predicted molar refractivity (Wildman–Crippen MR) is 78.8 cm³/mol. The second-order valence-electron chi connectivity index (χ2n) is 4.13. The third-order valence-corrected chi connectivity index (χ3v) is 4.26. The van der Waals surface area contributed by atoms with Crippen LogP contribution in [0.25, 0.3) is 0 Å². The molecule has 0 aromatic heterocycles. The van der Waals surface area contributed by atoms with E-state index >= 15 is 0 Å². The van der Waals surface area contributed by atoms with Crippen LogP contribution in [-0.2, 0) is 10.1 Å². The van der Waals surface area contributed by atoms with Crippen molar-refractivity contribution < 1.29 is 26.5 Å². The summed E-state index contributed by atoms with van der Waals surface area (Å²) in [5, 5.41) is -0.149. The monoisotopic (exact) mass is 346 g/mol. The van der Waals surface area contributed by atoms with E-state index in [1.54, 1.807) is 0 Å². The smallest absolute Gasteiger partial charge is 0.339 e. The van der Waals surface area contributed by atoms with Gasteiger partial charge in [0.1, 0.15) is 10.7 Å². The van der Waals surface area contributed by atoms with Gasteiger partial charge >= 0.3 is 10.1 Å². The van der Waals surface area contributed by atoms with Gasteiger partial charge in [-0.15, -0.1) is 0 Å². The number of halogens is 2. The fraction of sp³-hybridized carbons (Fsp3) is 0.143. The molecule has 0 atom stereocenters. The van der Waals surface area contributed by atoms with Crippen molar-refractivity contribution in [2.75, 3.05) is 14.2 Å². The molecule has 0 N–H and O–H groups in total. The fourth-order valence-corrected chi connectivity index (χ4v) is 2.90. The van der Waals surface area contributed by atoms with Gasteiger partial charge in [-0.05, 0) is 30.3 Å². The minimum Gasteiger partial charge on any atom is -0.493 e. The van der Waals surface area contributed by atoms with E-state index in [2.05, 4.69) is 0 Å². The highest BCUT2D eigenvalue weighted by Gasteiger charge is 2.20. The maximum Gasteiger partial charge on any atom is 0.339 e. The SMILES string of the molecule is COc1ccc(S(=O)(=O)Oc2ccc(F)cc2Cl)cc1OC. The first kappa shape index (κ1) is 16.4. The summed E-state index contributed by atoms with van der Waals surface area (Å²) in [6.45, 7) is 0. The minimum absolute atomic E-state index is 0.148. The summed E-state index contributed by atoms with van der Waals surface area (Å²) < 4.78 is 52.4. The second kappa shape index (κ2) is 6.41. The third-order valence-electron chi connectivity index (χ3n) is 2.74. The van der Waals surface area contributed by atoms with Crippen LogP contribution in [0, 0.1) is 5.82 Å². The minimum atomic E-state index is -4.15. The van der Waals surface area contributed by atoms with Crippen molar-refractivity contribution in [1.29, 1.82) is 0 Å². The van der Waals surface area contributed by atoms with E-state index in [0.717, 1.165) is 18.2 Å². The van der Waals surface area contributed by atoms with E-state index in [-0.39, 0.29) is 21.4 Å². The molecule has 0 aliphatic heterocycles. The molecular weight excluding hydrogens is 335 g/mol. The highest BCUT2D eigenvalue weighted by Crippen LogP contribution is 2.32. The van der Waals surface area contributed by atoms with Crippen molar-refractivity contribution >= 4 is 21.7 Å². The fourth-order valence-electron chi connectivity index (χ4n) is 1.68. The van der Waals surface area contributed by atoms with Crippen molar-refractivity contribution in [2.24, 2.45) is 0 Å². The van der Waals surface area contributed by atoms with Crippen molar-refractivity contribution in [3.63, 3.8) is 0 Å². The Morgan fingerprint density at radius 3 is 2.18 bits per heavy atom. The quantitative estimate of drug-likeness (QED) is 0.778. The van der Waals surface area contributed by atoms with Crippen LogP contribution in [0.1, 0.15) is 0 Å². The summed E-state index contributed by atoms with van der Waals surface area (Å²) >= 11 is 5.76. The van der Waals surface area contributed by atoms with Crippen LogP contribution in [0.5, 0.6) is 17.2 Å². The highest BCUT2D eigenvalue weighted by atomic mass is 35.5. The molecule has 5 nitrogen and oxygen atoms in total. The average Bonchev–Trinajstić information content (AvgIpc) is 2.49. The largest absolute Gasteiger partial charge is 0.493 e. The molecule has 0 fully saturated rings. The molecule has 0 saturated carbocycles. The van der Waals surface area contributed by atoms with Gasteiger partial charge in [0.2, 0.25) is 0 Å². The molecule has 0 aliphatic carbocycles. The normalized spacial score (nSPS) is 11.1. The molecule has 0 amide bonds. The lowest BCUT2D eigenvalue weighted by Gasteiger charge is -2.11. The molecule has 0 unspecified atom stereocenters. The van der Waals surface area contributed by atoms with Gasteiger partial charge in [-0.25, -0.2) is 4.39 Å². The van der Waals surface area contributed by atoms with E-state index in [4.69, 9.17) is 25.3 Å². The topological polar surface area (TPSA) is 61.8 Å². The zero-order valence-corrected chi connectivity index (χ0v) is 13.2. The third kappa shape index (κ3) is 3.42. The molecular formula is C14H12ClFO5S. The number of hydrogen-bond acceptors (Lipinski definition) is 5. The highest BCUT2D eigenvalue weighted by molar-refractivity contribution is 7.87. The summed E-state index contributed by atoms with van der Waals surface area (Å²) in [5.41, 5.74) is 0. The lowest BCUT2D eigenvalue weighted by molar-refractivity contribution is 0.353. The van der Waals surface area contributed by atoms with Crippen molar-refractivity contribution in [3.05, 3.63) is 47.2 Å². The molecule has 8 heteroatoms. The first-order valence-corrected chi connectivity index (χ1v) is 7.77. The Morgan fingerprint density at radius 2 is 1.59 bits per heavy atom. The Kier molecular flexibility index (Phi) is 4.77. The number of rotatable bonds is 5. The zero-order chi connectivity index (χ0) is 16.3. The van der Waals surface area contributed by atoms with Gasteiger partial charge in [-0.1, -0.05) is 11.6 Å². The van der Waals surface area contributed by atoms with Crippen LogP contribution >= 0.6 is 11.6 Å². The Bertz CT molecular complexity index is 792. The van der Waals surface area contributed by atoms with Crippen molar-refractivity contribution in [3.8, 4) is 17.2 Å². The summed E-state index contributed by atoms with van der Waals surface area (Å²) in [5.74, 6) is -0.155. The number of ether oxygens (including phenoxy) is 2. The van der Waals surface area contributed by atoms with Crippen LogP contribution in [0.3, 0.4) is 0 Å². The summed E-state index contributed by atoms with van der Waals surface area (Å²) in [6, 6.07) is 7.13. The van der Waals surface area contributed by atoms with Crippen molar-refractivity contribution in [2.45, 2.75) is 4.90 Å².